The molecule has 3 nitrogen and oxygen atoms in total. The first-order valence-corrected chi connectivity index (χ1v) is 9.98. The van der Waals surface area contributed by atoms with Crippen LogP contribution in [0.5, 0.6) is 0 Å². The van der Waals surface area contributed by atoms with Crippen LogP contribution in [0.4, 0.5) is 0 Å². The van der Waals surface area contributed by atoms with Gasteiger partial charge in [-0.2, -0.15) is 0 Å². The van der Waals surface area contributed by atoms with Crippen molar-refractivity contribution < 1.29 is 14.4 Å². The van der Waals surface area contributed by atoms with Crippen LogP contribution in [-0.2, 0) is 20.8 Å². The van der Waals surface area contributed by atoms with Crippen LogP contribution in [0.15, 0.2) is 36.4 Å². The minimum Gasteiger partial charge on any atom is -0.300 e. The Labute approximate surface area is 167 Å². The molecule has 28 heavy (non-hydrogen) atoms. The Morgan fingerprint density at radius 3 is 2.25 bits per heavy atom. The monoisotopic (exact) mass is 376 g/mol. The van der Waals surface area contributed by atoms with Crippen molar-refractivity contribution in [3.63, 3.8) is 0 Å². The number of hydrogen-bond donors (Lipinski definition) is 0. The van der Waals surface area contributed by atoms with Crippen LogP contribution >= 0.6 is 0 Å². The summed E-state index contributed by atoms with van der Waals surface area (Å²) in [5.74, 6) is -1.23. The molecule has 2 aromatic rings. The Morgan fingerprint density at radius 1 is 0.964 bits per heavy atom. The molecule has 1 saturated carbocycles. The van der Waals surface area contributed by atoms with Crippen LogP contribution in [0.2, 0.25) is 0 Å². The number of Topliss-reactive ketones (excluding diaryl/α,β-unsaturated/α-hetero) is 3. The highest BCUT2D eigenvalue weighted by Gasteiger charge is 2.43. The maximum absolute atomic E-state index is 13.0. The predicted molar refractivity (Wildman–Crippen MR) is 111 cm³/mol. The number of aryl methyl sites for hydroxylation is 5. The zero-order chi connectivity index (χ0) is 20.4. The average Bonchev–Trinajstić information content (AvgIpc) is 2.88. The highest BCUT2D eigenvalue weighted by atomic mass is 16.2. The summed E-state index contributed by atoms with van der Waals surface area (Å²) in [5.41, 5.74) is 6.27. The van der Waals surface area contributed by atoms with Gasteiger partial charge in [0.2, 0.25) is 0 Å². The van der Waals surface area contributed by atoms with Gasteiger partial charge in [0, 0.05) is 25.2 Å². The summed E-state index contributed by atoms with van der Waals surface area (Å²) in [4.78, 5) is 38.1. The highest BCUT2D eigenvalue weighted by molar-refractivity contribution is 6.15. The quantitative estimate of drug-likeness (QED) is 0.684. The van der Waals surface area contributed by atoms with Crippen LogP contribution in [0.25, 0.3) is 0 Å². The van der Waals surface area contributed by atoms with Gasteiger partial charge in [0.05, 0.1) is 0 Å². The fraction of sp³-hybridized carbons (Fsp3) is 0.400. The fourth-order valence-corrected chi connectivity index (χ4v) is 4.52. The molecule has 0 amide bonds. The smallest absolute Gasteiger partial charge is 0.151 e. The molecule has 1 fully saturated rings. The average molecular weight is 376 g/mol. The lowest BCUT2D eigenvalue weighted by atomic mass is 9.86. The Balaban J connectivity index is 1.69. The molecule has 0 saturated heterocycles. The van der Waals surface area contributed by atoms with E-state index in [4.69, 9.17) is 0 Å². The molecule has 0 radical (unpaired) electrons. The first kappa shape index (κ1) is 20.2. The Bertz CT molecular complexity index is 916. The maximum Gasteiger partial charge on any atom is 0.151 e. The van der Waals surface area contributed by atoms with Gasteiger partial charge in [-0.25, -0.2) is 0 Å². The zero-order valence-electron chi connectivity index (χ0n) is 17.2. The molecular weight excluding hydrogens is 348 g/mol. The Hall–Kier alpha value is -2.55. The second kappa shape index (κ2) is 8.22. The number of benzene rings is 2. The molecule has 1 aliphatic carbocycles. The van der Waals surface area contributed by atoms with Crippen LogP contribution < -0.4 is 0 Å². The number of ketones is 3. The normalized spacial score (nSPS) is 19.3. The third-order valence-electron chi connectivity index (χ3n) is 5.89. The summed E-state index contributed by atoms with van der Waals surface area (Å²) < 4.78 is 0. The molecule has 0 bridgehead atoms. The van der Waals surface area contributed by atoms with E-state index in [1.54, 1.807) is 0 Å². The van der Waals surface area contributed by atoms with Crippen LogP contribution in [-0.4, -0.2) is 17.3 Å². The Kier molecular flexibility index (Phi) is 5.93. The number of carbonyl (C=O) groups is 3. The lowest BCUT2D eigenvalue weighted by molar-refractivity contribution is -0.127. The molecule has 0 heterocycles. The molecule has 0 spiro atoms. The van der Waals surface area contributed by atoms with Crippen molar-refractivity contribution in [2.75, 3.05) is 0 Å². The minimum absolute atomic E-state index is 0.0447. The van der Waals surface area contributed by atoms with E-state index in [0.29, 0.717) is 12.8 Å². The number of rotatable bonds is 6. The van der Waals surface area contributed by atoms with Gasteiger partial charge >= 0.3 is 0 Å². The summed E-state index contributed by atoms with van der Waals surface area (Å²) >= 11 is 0. The van der Waals surface area contributed by atoms with Gasteiger partial charge in [-0.1, -0.05) is 42.0 Å². The van der Waals surface area contributed by atoms with E-state index >= 15 is 0 Å². The van der Waals surface area contributed by atoms with Gasteiger partial charge < -0.3 is 0 Å². The summed E-state index contributed by atoms with van der Waals surface area (Å²) in [6, 6.07) is 12.1. The van der Waals surface area contributed by atoms with Gasteiger partial charge in [-0.15, -0.1) is 0 Å². The molecule has 1 aliphatic rings. The number of hydrogen-bond acceptors (Lipinski definition) is 3. The van der Waals surface area contributed by atoms with Gasteiger partial charge in [0.1, 0.15) is 17.5 Å². The van der Waals surface area contributed by atoms with Crippen LogP contribution in [0.3, 0.4) is 0 Å². The molecular formula is C25H28O3. The van der Waals surface area contributed by atoms with Gasteiger partial charge in [0.25, 0.3) is 0 Å². The standard InChI is InChI=1S/C25H28O3/c1-15-11-17(3)23(18(4)12-15)24-22(27)14-20(25(24)28)13-21(26)10-9-19-8-6-5-7-16(19)2/h5-8,11-12,20,24H,9-10,13-14H2,1-4H3. The summed E-state index contributed by atoms with van der Waals surface area (Å²) in [7, 11) is 0. The van der Waals surface area contributed by atoms with E-state index in [-0.39, 0.29) is 30.2 Å². The topological polar surface area (TPSA) is 51.2 Å². The predicted octanol–water partition coefficient (Wildman–Crippen LogP) is 4.75. The highest BCUT2D eigenvalue weighted by Crippen LogP contribution is 2.37. The van der Waals surface area contributed by atoms with E-state index in [9.17, 15) is 14.4 Å². The maximum atomic E-state index is 13.0. The Morgan fingerprint density at radius 2 is 1.61 bits per heavy atom. The first-order valence-electron chi connectivity index (χ1n) is 9.98. The summed E-state index contributed by atoms with van der Waals surface area (Å²) in [6.45, 7) is 7.96. The van der Waals surface area contributed by atoms with Crippen molar-refractivity contribution in [1.29, 1.82) is 0 Å². The van der Waals surface area contributed by atoms with E-state index in [1.165, 1.54) is 5.56 Å². The van der Waals surface area contributed by atoms with E-state index in [2.05, 4.69) is 0 Å². The van der Waals surface area contributed by atoms with Crippen molar-refractivity contribution in [3.05, 3.63) is 69.8 Å². The van der Waals surface area contributed by atoms with Crippen molar-refractivity contribution in [2.24, 2.45) is 5.92 Å². The van der Waals surface area contributed by atoms with Crippen molar-refractivity contribution >= 4 is 17.3 Å². The summed E-state index contributed by atoms with van der Waals surface area (Å²) in [5, 5.41) is 0. The largest absolute Gasteiger partial charge is 0.300 e. The molecule has 2 aromatic carbocycles. The van der Waals surface area contributed by atoms with E-state index < -0.39 is 11.8 Å². The van der Waals surface area contributed by atoms with Crippen molar-refractivity contribution in [2.45, 2.75) is 59.3 Å². The first-order chi connectivity index (χ1) is 13.3. The van der Waals surface area contributed by atoms with Gasteiger partial charge in [0.15, 0.2) is 5.78 Å². The van der Waals surface area contributed by atoms with Gasteiger partial charge in [-0.05, 0) is 61.9 Å². The van der Waals surface area contributed by atoms with E-state index in [1.807, 2.05) is 64.1 Å². The van der Waals surface area contributed by atoms with Crippen molar-refractivity contribution in [1.82, 2.24) is 0 Å². The second-order valence-electron chi connectivity index (χ2n) is 8.18. The van der Waals surface area contributed by atoms with Crippen molar-refractivity contribution in [3.8, 4) is 0 Å². The van der Waals surface area contributed by atoms with E-state index in [0.717, 1.165) is 27.8 Å². The zero-order valence-corrected chi connectivity index (χ0v) is 17.2. The molecule has 0 aromatic heterocycles. The molecule has 2 atom stereocenters. The van der Waals surface area contributed by atoms with Gasteiger partial charge in [-0.3, -0.25) is 14.4 Å². The minimum atomic E-state index is -0.699. The molecule has 2 unspecified atom stereocenters. The molecule has 146 valence electrons. The number of carbonyl (C=O) groups excluding carboxylic acids is 3. The molecule has 3 rings (SSSR count). The lowest BCUT2D eigenvalue weighted by Crippen LogP contribution is -2.19. The third-order valence-corrected chi connectivity index (χ3v) is 5.89. The summed E-state index contributed by atoms with van der Waals surface area (Å²) in [6.07, 6.45) is 1.46. The molecule has 0 aliphatic heterocycles. The van der Waals surface area contributed by atoms with Crippen LogP contribution in [0.1, 0.15) is 58.6 Å². The fourth-order valence-electron chi connectivity index (χ4n) is 4.52. The van der Waals surface area contributed by atoms with Crippen LogP contribution in [0, 0.1) is 33.6 Å². The second-order valence-corrected chi connectivity index (χ2v) is 8.18. The SMILES string of the molecule is Cc1cc(C)c(C2C(=O)CC(CC(=O)CCc3ccccc3C)C2=O)c(C)c1. The lowest BCUT2D eigenvalue weighted by Gasteiger charge is -2.16. The molecule has 0 N–H and O–H groups in total. The molecule has 3 heteroatoms. The third kappa shape index (κ3) is 4.14.